The number of carbonyl (C=O) groups excluding carboxylic acids is 1. The van der Waals surface area contributed by atoms with Crippen molar-refractivity contribution in [2.45, 2.75) is 51.9 Å². The molecule has 0 aliphatic carbocycles. The third kappa shape index (κ3) is 11.1. The van der Waals surface area contributed by atoms with E-state index < -0.39 is 0 Å². The Labute approximate surface area is 97.0 Å². The van der Waals surface area contributed by atoms with E-state index in [0.717, 1.165) is 12.8 Å². The highest BCUT2D eigenvalue weighted by atomic mass is 32.1. The van der Waals surface area contributed by atoms with Gasteiger partial charge in [0.15, 0.2) is 5.11 Å². The Balaban J connectivity index is 3.20. The molecule has 88 valence electrons. The largest absolute Gasteiger partial charge is 0.375 e. The van der Waals surface area contributed by atoms with Crippen LogP contribution in [-0.4, -0.2) is 11.0 Å². The average Bonchev–Trinajstić information content (AvgIpc) is 2.20. The molecule has 0 bridgehead atoms. The van der Waals surface area contributed by atoms with Crippen LogP contribution in [0.15, 0.2) is 0 Å². The molecule has 4 N–H and O–H groups in total. The molecule has 0 radical (unpaired) electrons. The summed E-state index contributed by atoms with van der Waals surface area (Å²) < 4.78 is 0. The van der Waals surface area contributed by atoms with Crippen LogP contribution in [0.4, 0.5) is 0 Å². The standard InChI is InChI=1S/C10H21N3OS/c1-2-3-4-5-6-7-8-9(14)12-13-10(11)15/h2-8H2,1H3,(H,12,14)(H3,11,13,15). The van der Waals surface area contributed by atoms with Crippen molar-refractivity contribution in [3.05, 3.63) is 0 Å². The molecule has 0 saturated heterocycles. The predicted molar refractivity (Wildman–Crippen MR) is 66.1 cm³/mol. The summed E-state index contributed by atoms with van der Waals surface area (Å²) >= 11 is 4.55. The first-order valence-corrected chi connectivity index (χ1v) is 5.92. The Kier molecular flexibility index (Phi) is 9.16. The van der Waals surface area contributed by atoms with E-state index in [-0.39, 0.29) is 11.0 Å². The van der Waals surface area contributed by atoms with Crippen LogP contribution in [0, 0.1) is 0 Å². The lowest BCUT2D eigenvalue weighted by molar-refractivity contribution is -0.121. The van der Waals surface area contributed by atoms with Crippen LogP contribution < -0.4 is 16.6 Å². The number of hydrazine groups is 1. The quantitative estimate of drug-likeness (QED) is 0.354. The van der Waals surface area contributed by atoms with Gasteiger partial charge in [0.1, 0.15) is 0 Å². The van der Waals surface area contributed by atoms with E-state index >= 15 is 0 Å². The lowest BCUT2D eigenvalue weighted by Crippen LogP contribution is -2.44. The number of hydrogen-bond donors (Lipinski definition) is 3. The minimum absolute atomic E-state index is 0.0571. The summed E-state index contributed by atoms with van der Waals surface area (Å²) in [6, 6.07) is 0. The minimum atomic E-state index is -0.0571. The normalized spacial score (nSPS) is 9.67. The Bertz CT molecular complexity index is 197. The van der Waals surface area contributed by atoms with Crippen LogP contribution in [0.5, 0.6) is 0 Å². The first kappa shape index (κ1) is 14.2. The SMILES string of the molecule is CCCCCCCCC(=O)NNC(N)=S. The highest BCUT2D eigenvalue weighted by molar-refractivity contribution is 7.80. The number of carbonyl (C=O) groups is 1. The summed E-state index contributed by atoms with van der Waals surface area (Å²) in [5, 5.41) is 0.0892. The number of nitrogens with two attached hydrogens (primary N) is 1. The van der Waals surface area contributed by atoms with Crippen molar-refractivity contribution in [1.29, 1.82) is 0 Å². The summed E-state index contributed by atoms with van der Waals surface area (Å²) in [5.41, 5.74) is 10.0. The van der Waals surface area contributed by atoms with E-state index in [4.69, 9.17) is 5.73 Å². The highest BCUT2D eigenvalue weighted by Crippen LogP contribution is 2.06. The van der Waals surface area contributed by atoms with Crippen molar-refractivity contribution in [2.24, 2.45) is 5.73 Å². The van der Waals surface area contributed by atoms with Gasteiger partial charge in [0.25, 0.3) is 0 Å². The molecule has 5 heteroatoms. The summed E-state index contributed by atoms with van der Waals surface area (Å²) in [6.45, 7) is 2.19. The van der Waals surface area contributed by atoms with E-state index in [1.54, 1.807) is 0 Å². The Hall–Kier alpha value is -0.840. The first-order valence-electron chi connectivity index (χ1n) is 5.51. The second kappa shape index (κ2) is 9.71. The molecule has 0 aromatic carbocycles. The van der Waals surface area contributed by atoms with Gasteiger partial charge in [0, 0.05) is 6.42 Å². The Morgan fingerprint density at radius 3 is 2.33 bits per heavy atom. The smallest absolute Gasteiger partial charge is 0.238 e. The second-order valence-electron chi connectivity index (χ2n) is 3.56. The van der Waals surface area contributed by atoms with Crippen molar-refractivity contribution >= 4 is 23.2 Å². The molecule has 0 unspecified atom stereocenters. The molecule has 0 aliphatic rings. The van der Waals surface area contributed by atoms with Crippen LogP contribution in [0.25, 0.3) is 0 Å². The number of thiocarbonyl (C=S) groups is 1. The van der Waals surface area contributed by atoms with Gasteiger partial charge in [0.05, 0.1) is 0 Å². The zero-order valence-electron chi connectivity index (χ0n) is 9.34. The molecule has 0 aromatic heterocycles. The van der Waals surface area contributed by atoms with E-state index in [9.17, 15) is 4.79 Å². The summed E-state index contributed by atoms with van der Waals surface area (Å²) in [7, 11) is 0. The number of hydrogen-bond acceptors (Lipinski definition) is 2. The number of unbranched alkanes of at least 4 members (excludes halogenated alkanes) is 5. The topological polar surface area (TPSA) is 67.2 Å². The fourth-order valence-corrected chi connectivity index (χ4v) is 1.31. The summed E-state index contributed by atoms with van der Waals surface area (Å²) in [4.78, 5) is 11.1. The number of amides is 1. The molecule has 0 saturated carbocycles. The monoisotopic (exact) mass is 231 g/mol. The molecule has 0 heterocycles. The van der Waals surface area contributed by atoms with E-state index in [0.29, 0.717) is 6.42 Å². The molecule has 1 amide bonds. The van der Waals surface area contributed by atoms with Crippen LogP contribution in [-0.2, 0) is 4.79 Å². The van der Waals surface area contributed by atoms with Crippen molar-refractivity contribution < 1.29 is 4.79 Å². The zero-order chi connectivity index (χ0) is 11.5. The van der Waals surface area contributed by atoms with Crippen LogP contribution in [0.2, 0.25) is 0 Å². The van der Waals surface area contributed by atoms with Gasteiger partial charge in [-0.05, 0) is 18.6 Å². The van der Waals surface area contributed by atoms with Gasteiger partial charge in [-0.2, -0.15) is 0 Å². The zero-order valence-corrected chi connectivity index (χ0v) is 10.2. The molecular weight excluding hydrogens is 210 g/mol. The van der Waals surface area contributed by atoms with Gasteiger partial charge in [-0.15, -0.1) is 0 Å². The maximum Gasteiger partial charge on any atom is 0.238 e. The minimum Gasteiger partial charge on any atom is -0.375 e. The van der Waals surface area contributed by atoms with Gasteiger partial charge in [-0.1, -0.05) is 39.0 Å². The van der Waals surface area contributed by atoms with Gasteiger partial charge in [-0.3, -0.25) is 15.6 Å². The van der Waals surface area contributed by atoms with Crippen LogP contribution >= 0.6 is 12.2 Å². The molecule has 0 atom stereocenters. The lowest BCUT2D eigenvalue weighted by Gasteiger charge is -2.05. The van der Waals surface area contributed by atoms with Gasteiger partial charge in [-0.25, -0.2) is 0 Å². The van der Waals surface area contributed by atoms with Crippen molar-refractivity contribution in [2.75, 3.05) is 0 Å². The predicted octanol–water partition coefficient (Wildman–Crippen LogP) is 1.60. The molecule has 0 aromatic rings. The van der Waals surface area contributed by atoms with Gasteiger partial charge < -0.3 is 5.73 Å². The summed E-state index contributed by atoms with van der Waals surface area (Å²) in [5.74, 6) is -0.0571. The Morgan fingerprint density at radius 2 is 1.73 bits per heavy atom. The molecule has 0 rings (SSSR count). The highest BCUT2D eigenvalue weighted by Gasteiger charge is 1.99. The summed E-state index contributed by atoms with van der Waals surface area (Å²) in [6.07, 6.45) is 7.58. The Morgan fingerprint density at radius 1 is 1.13 bits per heavy atom. The molecular formula is C10H21N3OS. The third-order valence-corrected chi connectivity index (χ3v) is 2.18. The van der Waals surface area contributed by atoms with E-state index in [1.807, 2.05) is 0 Å². The lowest BCUT2D eigenvalue weighted by atomic mass is 10.1. The van der Waals surface area contributed by atoms with Crippen LogP contribution in [0.1, 0.15) is 51.9 Å². The molecule has 4 nitrogen and oxygen atoms in total. The van der Waals surface area contributed by atoms with Crippen molar-refractivity contribution in [3.8, 4) is 0 Å². The molecule has 0 aliphatic heterocycles. The molecule has 0 spiro atoms. The maximum atomic E-state index is 11.1. The van der Waals surface area contributed by atoms with Crippen molar-refractivity contribution in [3.63, 3.8) is 0 Å². The average molecular weight is 231 g/mol. The number of rotatable bonds is 7. The van der Waals surface area contributed by atoms with Gasteiger partial charge in [0.2, 0.25) is 5.91 Å². The van der Waals surface area contributed by atoms with Crippen molar-refractivity contribution in [1.82, 2.24) is 10.9 Å². The maximum absolute atomic E-state index is 11.1. The number of nitrogens with one attached hydrogen (secondary N) is 2. The molecule has 15 heavy (non-hydrogen) atoms. The fourth-order valence-electron chi connectivity index (χ4n) is 1.26. The van der Waals surface area contributed by atoms with Crippen LogP contribution in [0.3, 0.4) is 0 Å². The first-order chi connectivity index (χ1) is 7.16. The molecule has 0 fully saturated rings. The fraction of sp³-hybridized carbons (Fsp3) is 0.800. The van der Waals surface area contributed by atoms with Gasteiger partial charge >= 0.3 is 0 Å². The van der Waals surface area contributed by atoms with E-state index in [1.165, 1.54) is 25.7 Å². The third-order valence-electron chi connectivity index (χ3n) is 2.08. The van der Waals surface area contributed by atoms with E-state index in [2.05, 4.69) is 30.0 Å². The second-order valence-corrected chi connectivity index (χ2v) is 4.00.